The fourth-order valence-corrected chi connectivity index (χ4v) is 1.62. The molecule has 0 amide bonds. The minimum absolute atomic E-state index is 0.275. The molecule has 1 unspecified atom stereocenters. The smallest absolute Gasteiger partial charge is 0.328 e. The molecule has 0 aliphatic rings. The molecule has 0 bridgehead atoms. The van der Waals surface area contributed by atoms with Crippen LogP contribution in [0.3, 0.4) is 0 Å². The van der Waals surface area contributed by atoms with Gasteiger partial charge < -0.3 is 10.1 Å². The number of carbonyl (C=O) groups excluding carboxylic acids is 1. The molecule has 1 aromatic rings. The Hall–Kier alpha value is -1.10. The zero-order valence-electron chi connectivity index (χ0n) is 10.9. The third kappa shape index (κ3) is 4.64. The maximum atomic E-state index is 13.6. The van der Waals surface area contributed by atoms with Crippen LogP contribution in [0.25, 0.3) is 0 Å². The van der Waals surface area contributed by atoms with Crippen molar-refractivity contribution in [3.8, 4) is 0 Å². The molecule has 1 N–H and O–H groups in total. The number of rotatable bonds is 3. The largest absolute Gasteiger partial charge is 0.458 e. The molecule has 0 heterocycles. The van der Waals surface area contributed by atoms with Gasteiger partial charge in [0.05, 0.1) is 5.69 Å². The third-order valence-electron chi connectivity index (χ3n) is 2.06. The predicted molar refractivity (Wildman–Crippen MR) is 73.0 cm³/mol. The van der Waals surface area contributed by atoms with Crippen LogP contribution in [-0.2, 0) is 9.53 Å². The first-order valence-corrected chi connectivity index (χ1v) is 6.43. The maximum Gasteiger partial charge on any atom is 0.328 e. The van der Waals surface area contributed by atoms with Crippen LogP contribution < -0.4 is 5.32 Å². The zero-order valence-corrected chi connectivity index (χ0v) is 12.5. The molecule has 3 nitrogen and oxygen atoms in total. The normalized spacial score (nSPS) is 13.0. The van der Waals surface area contributed by atoms with Gasteiger partial charge in [-0.3, -0.25) is 0 Å². The Morgan fingerprint density at radius 1 is 1.44 bits per heavy atom. The van der Waals surface area contributed by atoms with Gasteiger partial charge >= 0.3 is 5.97 Å². The third-order valence-corrected chi connectivity index (χ3v) is 2.56. The molecule has 1 aromatic carbocycles. The van der Waals surface area contributed by atoms with E-state index in [4.69, 9.17) is 4.74 Å². The van der Waals surface area contributed by atoms with E-state index in [0.717, 1.165) is 0 Å². The van der Waals surface area contributed by atoms with E-state index in [1.165, 1.54) is 6.07 Å². The molecular weight excluding hydrogens is 301 g/mol. The molecule has 1 atom stereocenters. The van der Waals surface area contributed by atoms with E-state index in [9.17, 15) is 9.18 Å². The second-order valence-corrected chi connectivity index (χ2v) is 5.94. The fourth-order valence-electron chi connectivity index (χ4n) is 1.29. The summed E-state index contributed by atoms with van der Waals surface area (Å²) in [7, 11) is 0. The summed E-state index contributed by atoms with van der Waals surface area (Å²) in [5.74, 6) is -0.829. The fraction of sp³-hybridized carbons (Fsp3) is 0.462. The van der Waals surface area contributed by atoms with E-state index >= 15 is 0 Å². The van der Waals surface area contributed by atoms with Crippen molar-refractivity contribution in [1.82, 2.24) is 0 Å². The summed E-state index contributed by atoms with van der Waals surface area (Å²) < 4.78 is 19.4. The summed E-state index contributed by atoms with van der Waals surface area (Å²) >= 11 is 3.17. The number of nitrogens with one attached hydrogen (secondary N) is 1. The average molecular weight is 318 g/mol. The number of esters is 1. The van der Waals surface area contributed by atoms with Gasteiger partial charge in [0.25, 0.3) is 0 Å². The van der Waals surface area contributed by atoms with Crippen LogP contribution in [0, 0.1) is 5.82 Å². The number of hydrogen-bond acceptors (Lipinski definition) is 3. The van der Waals surface area contributed by atoms with Crippen LogP contribution in [0.1, 0.15) is 27.7 Å². The highest BCUT2D eigenvalue weighted by Crippen LogP contribution is 2.20. The van der Waals surface area contributed by atoms with Crippen molar-refractivity contribution in [2.24, 2.45) is 0 Å². The van der Waals surface area contributed by atoms with E-state index in [0.29, 0.717) is 4.47 Å². The summed E-state index contributed by atoms with van der Waals surface area (Å²) in [5.41, 5.74) is -0.276. The first kappa shape index (κ1) is 15.0. The molecule has 0 fully saturated rings. The molecule has 0 saturated heterocycles. The average Bonchev–Trinajstić information content (AvgIpc) is 2.19. The summed E-state index contributed by atoms with van der Waals surface area (Å²) in [6.07, 6.45) is 0. The van der Waals surface area contributed by atoms with Crippen LogP contribution in [0.15, 0.2) is 22.7 Å². The lowest BCUT2D eigenvalue weighted by atomic mass is 10.2. The first-order valence-electron chi connectivity index (χ1n) is 5.63. The van der Waals surface area contributed by atoms with Crippen LogP contribution in [0.2, 0.25) is 0 Å². The van der Waals surface area contributed by atoms with Crippen molar-refractivity contribution in [1.29, 1.82) is 0 Å². The highest BCUT2D eigenvalue weighted by atomic mass is 79.9. The minimum Gasteiger partial charge on any atom is -0.458 e. The Labute approximate surface area is 115 Å². The van der Waals surface area contributed by atoms with Crippen LogP contribution in [0.4, 0.5) is 10.1 Å². The summed E-state index contributed by atoms with van der Waals surface area (Å²) in [6, 6.07) is 4.00. The molecular formula is C13H17BrFNO2. The van der Waals surface area contributed by atoms with Crippen molar-refractivity contribution in [3.63, 3.8) is 0 Å². The molecule has 0 aromatic heterocycles. The number of benzene rings is 1. The lowest BCUT2D eigenvalue weighted by Crippen LogP contribution is -2.34. The minimum atomic E-state index is -0.611. The van der Waals surface area contributed by atoms with Crippen molar-refractivity contribution >= 4 is 27.6 Å². The van der Waals surface area contributed by atoms with Gasteiger partial charge in [0, 0.05) is 4.47 Å². The Balaban J connectivity index is 2.69. The van der Waals surface area contributed by atoms with E-state index in [2.05, 4.69) is 21.2 Å². The number of halogens is 2. The van der Waals surface area contributed by atoms with Crippen molar-refractivity contribution in [2.75, 3.05) is 5.32 Å². The molecule has 0 aliphatic heterocycles. The SMILES string of the molecule is CC(Nc1ccc(Br)cc1F)C(=O)OC(C)(C)C. The first-order chi connectivity index (χ1) is 8.19. The van der Waals surface area contributed by atoms with Crippen LogP contribution in [0.5, 0.6) is 0 Å². The van der Waals surface area contributed by atoms with E-state index in [1.807, 2.05) is 0 Å². The Morgan fingerprint density at radius 2 is 2.06 bits per heavy atom. The standard InChI is InChI=1S/C13H17BrFNO2/c1-8(12(17)18-13(2,3)4)16-11-6-5-9(14)7-10(11)15/h5-8,16H,1-4H3. The van der Waals surface area contributed by atoms with Gasteiger partial charge in [-0.25, -0.2) is 9.18 Å². The second kappa shape index (κ2) is 5.69. The topological polar surface area (TPSA) is 38.3 Å². The van der Waals surface area contributed by atoms with Gasteiger partial charge in [-0.05, 0) is 45.9 Å². The van der Waals surface area contributed by atoms with Gasteiger partial charge in [-0.15, -0.1) is 0 Å². The maximum absolute atomic E-state index is 13.6. The molecule has 0 aliphatic carbocycles. The van der Waals surface area contributed by atoms with Gasteiger partial charge in [0.1, 0.15) is 17.5 Å². The van der Waals surface area contributed by atoms with E-state index in [1.54, 1.807) is 39.8 Å². The summed E-state index contributed by atoms with van der Waals surface area (Å²) in [6.45, 7) is 7.00. The second-order valence-electron chi connectivity index (χ2n) is 5.02. The molecule has 100 valence electrons. The Kier molecular flexibility index (Phi) is 4.73. The molecule has 5 heteroatoms. The quantitative estimate of drug-likeness (QED) is 0.863. The predicted octanol–water partition coefficient (Wildman–Crippen LogP) is 3.73. The Bertz CT molecular complexity index is 443. The summed E-state index contributed by atoms with van der Waals surface area (Å²) in [4.78, 5) is 11.7. The summed E-state index contributed by atoms with van der Waals surface area (Å²) in [5, 5.41) is 2.79. The molecule has 0 saturated carbocycles. The monoisotopic (exact) mass is 317 g/mol. The molecule has 1 rings (SSSR count). The van der Waals surface area contributed by atoms with Crippen molar-refractivity contribution < 1.29 is 13.9 Å². The van der Waals surface area contributed by atoms with E-state index < -0.39 is 23.4 Å². The van der Waals surface area contributed by atoms with Gasteiger partial charge in [-0.1, -0.05) is 15.9 Å². The van der Waals surface area contributed by atoms with Crippen LogP contribution in [-0.4, -0.2) is 17.6 Å². The molecule has 0 spiro atoms. The van der Waals surface area contributed by atoms with Crippen LogP contribution >= 0.6 is 15.9 Å². The van der Waals surface area contributed by atoms with Gasteiger partial charge in [-0.2, -0.15) is 0 Å². The van der Waals surface area contributed by atoms with Crippen molar-refractivity contribution in [3.05, 3.63) is 28.5 Å². The van der Waals surface area contributed by atoms with E-state index in [-0.39, 0.29) is 5.69 Å². The molecule has 18 heavy (non-hydrogen) atoms. The zero-order chi connectivity index (χ0) is 13.9. The van der Waals surface area contributed by atoms with Gasteiger partial charge in [0.15, 0.2) is 0 Å². The van der Waals surface area contributed by atoms with Crippen molar-refractivity contribution in [2.45, 2.75) is 39.3 Å². The number of anilines is 1. The Morgan fingerprint density at radius 3 is 2.56 bits per heavy atom. The highest BCUT2D eigenvalue weighted by molar-refractivity contribution is 9.10. The lowest BCUT2D eigenvalue weighted by molar-refractivity contribution is -0.155. The molecule has 0 radical (unpaired) electrons. The lowest BCUT2D eigenvalue weighted by Gasteiger charge is -2.23. The highest BCUT2D eigenvalue weighted by Gasteiger charge is 2.22. The van der Waals surface area contributed by atoms with Gasteiger partial charge in [0.2, 0.25) is 0 Å². The number of ether oxygens (including phenoxy) is 1. The number of hydrogen-bond donors (Lipinski definition) is 1. The number of carbonyl (C=O) groups is 1.